The van der Waals surface area contributed by atoms with Crippen LogP contribution in [0.5, 0.6) is 5.75 Å². The summed E-state index contributed by atoms with van der Waals surface area (Å²) in [5.41, 5.74) is 3.08. The number of nitrogens with one attached hydrogen (secondary N) is 1. The third kappa shape index (κ3) is 4.22. The number of oxime groups is 1. The highest BCUT2D eigenvalue weighted by Crippen LogP contribution is 2.30. The number of fused-ring (bicyclic) bond motifs is 1. The zero-order valence-corrected chi connectivity index (χ0v) is 18.5. The number of hydrogen-bond donors (Lipinski definition) is 1. The Kier molecular flexibility index (Phi) is 5.62. The second-order valence-electron chi connectivity index (χ2n) is 8.33. The molecule has 2 unspecified atom stereocenters. The van der Waals surface area contributed by atoms with Crippen molar-refractivity contribution in [1.29, 1.82) is 0 Å². The first-order valence-electron chi connectivity index (χ1n) is 10.9. The molecule has 33 heavy (non-hydrogen) atoms. The van der Waals surface area contributed by atoms with Crippen LogP contribution in [0.1, 0.15) is 24.1 Å². The van der Waals surface area contributed by atoms with Crippen LogP contribution >= 0.6 is 0 Å². The highest BCUT2D eigenvalue weighted by atomic mass is 19.1. The summed E-state index contributed by atoms with van der Waals surface area (Å²) in [4.78, 5) is 12.1. The van der Waals surface area contributed by atoms with Crippen molar-refractivity contribution in [3.63, 3.8) is 0 Å². The molecule has 2 atom stereocenters. The molecule has 0 bridgehead atoms. The maximum atomic E-state index is 13.7. The van der Waals surface area contributed by atoms with E-state index in [9.17, 15) is 8.78 Å². The minimum Gasteiger partial charge on any atom is -0.495 e. The molecule has 0 amide bonds. The molecule has 1 N–H and O–H groups in total. The van der Waals surface area contributed by atoms with E-state index in [1.54, 1.807) is 13.4 Å². The molecule has 1 fully saturated rings. The van der Waals surface area contributed by atoms with Crippen molar-refractivity contribution in [2.24, 2.45) is 5.16 Å². The summed E-state index contributed by atoms with van der Waals surface area (Å²) < 4.78 is 34.9. The molecule has 7 nitrogen and oxygen atoms in total. The van der Waals surface area contributed by atoms with E-state index >= 15 is 0 Å². The minimum absolute atomic E-state index is 0.0282. The monoisotopic (exact) mass is 453 g/mol. The van der Waals surface area contributed by atoms with Gasteiger partial charge in [-0.15, -0.1) is 0 Å². The van der Waals surface area contributed by atoms with E-state index in [-0.39, 0.29) is 12.1 Å². The van der Waals surface area contributed by atoms with E-state index in [1.165, 1.54) is 12.1 Å². The summed E-state index contributed by atoms with van der Waals surface area (Å²) in [7, 11) is 1.63. The minimum atomic E-state index is -0.604. The van der Waals surface area contributed by atoms with E-state index < -0.39 is 11.6 Å². The molecule has 0 spiro atoms. The van der Waals surface area contributed by atoms with E-state index in [1.807, 2.05) is 35.9 Å². The third-order valence-electron chi connectivity index (χ3n) is 6.09. The number of rotatable bonds is 5. The van der Waals surface area contributed by atoms with Crippen LogP contribution in [0.3, 0.4) is 0 Å². The molecule has 9 heteroatoms. The number of imidazole rings is 1. The number of benzene rings is 2. The molecule has 1 saturated heterocycles. The Morgan fingerprint density at radius 1 is 1.15 bits per heavy atom. The van der Waals surface area contributed by atoms with Crippen LogP contribution in [0.15, 0.2) is 54.1 Å². The number of ether oxygens (including phenoxy) is 1. The molecule has 0 saturated carbocycles. The summed E-state index contributed by atoms with van der Waals surface area (Å²) in [6.07, 6.45) is 5.46. The first-order chi connectivity index (χ1) is 16.0. The van der Waals surface area contributed by atoms with Crippen LogP contribution in [0.2, 0.25) is 0 Å². The summed E-state index contributed by atoms with van der Waals surface area (Å²) in [6, 6.07) is 9.31. The van der Waals surface area contributed by atoms with Crippen LogP contribution in [-0.2, 0) is 4.84 Å². The fraction of sp³-hybridized carbons (Fsp3) is 0.333. The Balaban J connectivity index is 1.41. The number of amidine groups is 1. The third-order valence-corrected chi connectivity index (χ3v) is 6.09. The molecule has 0 aliphatic carbocycles. The van der Waals surface area contributed by atoms with Crippen LogP contribution in [-0.4, -0.2) is 52.6 Å². The summed E-state index contributed by atoms with van der Waals surface area (Å²) in [5, 5.41) is 7.65. The second kappa shape index (κ2) is 8.73. The van der Waals surface area contributed by atoms with Gasteiger partial charge in [0.05, 0.1) is 36.9 Å². The van der Waals surface area contributed by atoms with Gasteiger partial charge in [0.15, 0.2) is 5.84 Å². The van der Waals surface area contributed by atoms with Gasteiger partial charge in [0.1, 0.15) is 24.0 Å². The Morgan fingerprint density at radius 2 is 1.97 bits per heavy atom. The maximum absolute atomic E-state index is 13.7. The van der Waals surface area contributed by atoms with Crippen molar-refractivity contribution in [2.75, 3.05) is 25.6 Å². The lowest BCUT2D eigenvalue weighted by Gasteiger charge is -2.44. The molecule has 2 aliphatic rings. The number of methoxy groups -OCH3 is 1. The molecule has 2 aromatic carbocycles. The predicted molar refractivity (Wildman–Crippen MR) is 121 cm³/mol. The molecule has 172 valence electrons. The number of anilines is 1. The molecular weight excluding hydrogens is 428 g/mol. The van der Waals surface area contributed by atoms with Crippen LogP contribution < -0.4 is 10.1 Å². The van der Waals surface area contributed by atoms with E-state index in [0.717, 1.165) is 48.2 Å². The van der Waals surface area contributed by atoms with Crippen LogP contribution in [0.4, 0.5) is 14.5 Å². The van der Waals surface area contributed by atoms with Crippen molar-refractivity contribution in [3.05, 3.63) is 71.8 Å². The summed E-state index contributed by atoms with van der Waals surface area (Å²) in [5.74, 6) is 0.201. The number of piperidine rings is 1. The SMILES string of the molecule is COc1cc(C2=NOCC3C(Nc4cc(F)cc(F)c4)CCCN23)ccc1-n1cnc(C)c1. The van der Waals surface area contributed by atoms with E-state index in [4.69, 9.17) is 9.57 Å². The Morgan fingerprint density at radius 3 is 2.70 bits per heavy atom. The van der Waals surface area contributed by atoms with Gasteiger partial charge in [-0.1, -0.05) is 5.16 Å². The van der Waals surface area contributed by atoms with Crippen molar-refractivity contribution < 1.29 is 18.4 Å². The van der Waals surface area contributed by atoms with Crippen LogP contribution in [0, 0.1) is 18.6 Å². The predicted octanol–water partition coefficient (Wildman–Crippen LogP) is 4.10. The van der Waals surface area contributed by atoms with Gasteiger partial charge in [-0.25, -0.2) is 13.8 Å². The number of aromatic nitrogens is 2. The van der Waals surface area contributed by atoms with Gasteiger partial charge < -0.3 is 24.4 Å². The average molecular weight is 453 g/mol. The number of aryl methyl sites for hydroxylation is 1. The zero-order chi connectivity index (χ0) is 22.9. The van der Waals surface area contributed by atoms with Crippen molar-refractivity contribution >= 4 is 11.5 Å². The largest absolute Gasteiger partial charge is 0.495 e. The van der Waals surface area contributed by atoms with E-state index in [2.05, 4.69) is 20.4 Å². The van der Waals surface area contributed by atoms with Crippen molar-refractivity contribution in [2.45, 2.75) is 31.8 Å². The normalized spacial score (nSPS) is 20.0. The first-order valence-corrected chi connectivity index (χ1v) is 10.9. The maximum Gasteiger partial charge on any atom is 0.176 e. The average Bonchev–Trinajstić information content (AvgIpc) is 3.24. The Labute approximate surface area is 190 Å². The molecule has 3 heterocycles. The van der Waals surface area contributed by atoms with Crippen molar-refractivity contribution in [1.82, 2.24) is 14.5 Å². The smallest absolute Gasteiger partial charge is 0.176 e. The molecule has 3 aromatic rings. The van der Waals surface area contributed by atoms with E-state index in [0.29, 0.717) is 18.0 Å². The van der Waals surface area contributed by atoms with Gasteiger partial charge in [-0.05, 0) is 50.1 Å². The molecule has 0 radical (unpaired) electrons. The first kappa shape index (κ1) is 21.2. The lowest BCUT2D eigenvalue weighted by Crippen LogP contribution is -2.57. The molecule has 2 aliphatic heterocycles. The van der Waals surface area contributed by atoms with Gasteiger partial charge in [0.2, 0.25) is 0 Å². The molecule has 5 rings (SSSR count). The zero-order valence-electron chi connectivity index (χ0n) is 18.5. The Hall–Kier alpha value is -3.62. The van der Waals surface area contributed by atoms with Gasteiger partial charge in [-0.3, -0.25) is 0 Å². The number of halogens is 2. The van der Waals surface area contributed by atoms with Gasteiger partial charge >= 0.3 is 0 Å². The molecule has 1 aromatic heterocycles. The summed E-state index contributed by atoms with van der Waals surface area (Å²) >= 11 is 0. The Bertz CT molecular complexity index is 1180. The second-order valence-corrected chi connectivity index (χ2v) is 8.33. The standard InChI is InChI=1S/C24H25F2N5O2/c1-15-12-30(14-27-15)21-6-5-16(8-23(21)32-2)24-29-33-13-22-20(4-3-7-31(22)24)28-19-10-17(25)9-18(26)11-19/h5-6,8-12,14,20,22,28H,3-4,7,13H2,1-2H3. The van der Waals surface area contributed by atoms with Gasteiger partial charge in [0.25, 0.3) is 0 Å². The van der Waals surface area contributed by atoms with Gasteiger partial charge in [-0.2, -0.15) is 0 Å². The van der Waals surface area contributed by atoms with Crippen LogP contribution in [0.25, 0.3) is 5.69 Å². The quantitative estimate of drug-likeness (QED) is 0.630. The molecular formula is C24H25F2N5O2. The number of hydrogen-bond acceptors (Lipinski definition) is 6. The fourth-order valence-corrected chi connectivity index (χ4v) is 4.57. The topological polar surface area (TPSA) is 63.9 Å². The van der Waals surface area contributed by atoms with Gasteiger partial charge in [0, 0.05) is 30.1 Å². The lowest BCUT2D eigenvalue weighted by atomic mass is 9.94. The van der Waals surface area contributed by atoms with Crippen molar-refractivity contribution in [3.8, 4) is 11.4 Å². The fourth-order valence-electron chi connectivity index (χ4n) is 4.57. The lowest BCUT2D eigenvalue weighted by molar-refractivity contribution is 0.0402. The number of nitrogens with zero attached hydrogens (tertiary/aromatic N) is 4. The highest BCUT2D eigenvalue weighted by Gasteiger charge is 2.37. The summed E-state index contributed by atoms with van der Waals surface area (Å²) in [6.45, 7) is 3.14. The highest BCUT2D eigenvalue weighted by molar-refractivity contribution is 5.99.